The molecule has 0 aliphatic heterocycles. The first-order chi connectivity index (χ1) is 11.0. The summed E-state index contributed by atoms with van der Waals surface area (Å²) in [6, 6.07) is 3.37. The maximum atomic E-state index is 11.0. The lowest BCUT2D eigenvalue weighted by Gasteiger charge is -2.01. The maximum Gasteiger partial charge on any atom is 0.249 e. The van der Waals surface area contributed by atoms with Gasteiger partial charge in [-0.15, -0.1) is 0 Å². The second kappa shape index (κ2) is 7.89. The van der Waals surface area contributed by atoms with Gasteiger partial charge >= 0.3 is 0 Å². The number of hydrogen-bond acceptors (Lipinski definition) is 3. The fourth-order valence-corrected chi connectivity index (χ4v) is 2.70. The molecule has 2 heterocycles. The van der Waals surface area contributed by atoms with Gasteiger partial charge in [0.2, 0.25) is 5.91 Å². The molecule has 2 aromatic heterocycles. The Morgan fingerprint density at radius 2 is 1.74 bits per heavy atom. The van der Waals surface area contributed by atoms with Gasteiger partial charge in [-0.1, -0.05) is 28.4 Å². The molecule has 0 aliphatic carbocycles. The molecular weight excluding hydrogens is 339 g/mol. The lowest BCUT2D eigenvalue weighted by molar-refractivity contribution is -0.726. The van der Waals surface area contributed by atoms with Crippen molar-refractivity contribution in [2.45, 2.75) is 19.5 Å². The maximum absolute atomic E-state index is 11.0. The summed E-state index contributed by atoms with van der Waals surface area (Å²) in [6.07, 6.45) is 9.12. The summed E-state index contributed by atoms with van der Waals surface area (Å²) >= 11 is 12.2. The fraction of sp³-hybridized carbons (Fsp3) is 0.200. The van der Waals surface area contributed by atoms with Crippen molar-refractivity contribution < 1.29 is 19.1 Å². The highest BCUT2D eigenvalue weighted by Gasteiger charge is 2.13. The van der Waals surface area contributed by atoms with Crippen molar-refractivity contribution in [2.75, 3.05) is 0 Å². The van der Waals surface area contributed by atoms with Crippen molar-refractivity contribution in [2.24, 2.45) is 10.9 Å². The largest absolute Gasteiger partial charge is 0.411 e. The molecule has 23 heavy (non-hydrogen) atoms. The molecule has 0 aromatic carbocycles. The van der Waals surface area contributed by atoms with Gasteiger partial charge < -0.3 is 10.9 Å². The van der Waals surface area contributed by atoms with E-state index in [0.29, 0.717) is 27.7 Å². The zero-order valence-corrected chi connectivity index (χ0v) is 13.7. The number of pyridine rings is 2. The molecule has 8 heteroatoms. The Bertz CT molecular complexity index is 710. The third-order valence-corrected chi connectivity index (χ3v) is 3.87. The molecule has 0 saturated heterocycles. The van der Waals surface area contributed by atoms with Gasteiger partial charge in [-0.05, 0) is 0 Å². The molecule has 0 fully saturated rings. The van der Waals surface area contributed by atoms with Crippen LogP contribution in [0.5, 0.6) is 0 Å². The van der Waals surface area contributed by atoms with Gasteiger partial charge in [0.15, 0.2) is 37.9 Å². The van der Waals surface area contributed by atoms with E-state index in [1.165, 1.54) is 6.21 Å². The Kier molecular flexibility index (Phi) is 5.90. The van der Waals surface area contributed by atoms with Gasteiger partial charge in [0.1, 0.15) is 10.0 Å². The number of aromatic nitrogens is 2. The van der Waals surface area contributed by atoms with Crippen molar-refractivity contribution in [3.63, 3.8) is 0 Å². The average Bonchev–Trinajstić information content (AvgIpc) is 2.51. The lowest BCUT2D eigenvalue weighted by Crippen LogP contribution is -2.39. The van der Waals surface area contributed by atoms with Gasteiger partial charge in [-0.25, -0.2) is 9.13 Å². The lowest BCUT2D eigenvalue weighted by atomic mass is 10.2. The third-order valence-electron chi connectivity index (χ3n) is 3.27. The normalized spacial score (nSPS) is 11.0. The van der Waals surface area contributed by atoms with E-state index in [0.717, 1.165) is 13.0 Å². The van der Waals surface area contributed by atoms with Crippen LogP contribution in [0.3, 0.4) is 0 Å². The van der Waals surface area contributed by atoms with Crippen molar-refractivity contribution >= 4 is 35.3 Å². The van der Waals surface area contributed by atoms with Crippen LogP contribution in [0.25, 0.3) is 0 Å². The number of oxime groups is 1. The first-order valence-electron chi connectivity index (χ1n) is 6.85. The second-order valence-electron chi connectivity index (χ2n) is 4.89. The molecule has 0 spiro atoms. The molecule has 2 rings (SSSR count). The Labute approximate surface area is 143 Å². The SMILES string of the molecule is NC(=O)c1cc[n+](CCC[n+]2cc(Cl)c(/C=N/O)c(Cl)c2)cc1. The first kappa shape index (κ1) is 17.2. The average molecular weight is 355 g/mol. The van der Waals surface area contributed by atoms with Crippen molar-refractivity contribution in [1.29, 1.82) is 0 Å². The smallest absolute Gasteiger partial charge is 0.249 e. The Morgan fingerprint density at radius 1 is 1.17 bits per heavy atom. The summed E-state index contributed by atoms with van der Waals surface area (Å²) in [7, 11) is 0. The van der Waals surface area contributed by atoms with Crippen LogP contribution in [-0.2, 0) is 13.1 Å². The predicted octanol–water partition coefficient (Wildman–Crippen LogP) is 1.57. The van der Waals surface area contributed by atoms with Gasteiger partial charge in [0.05, 0.1) is 18.2 Å². The Balaban J connectivity index is 1.97. The third kappa shape index (κ3) is 4.64. The first-order valence-corrected chi connectivity index (χ1v) is 7.61. The molecule has 3 N–H and O–H groups in total. The number of nitrogens with zero attached hydrogens (tertiary/aromatic N) is 3. The molecule has 2 aromatic rings. The van der Waals surface area contributed by atoms with E-state index in [4.69, 9.17) is 34.1 Å². The molecule has 0 bridgehead atoms. The van der Waals surface area contributed by atoms with Crippen LogP contribution in [0.2, 0.25) is 10.0 Å². The number of carbonyl (C=O) groups excluding carboxylic acids is 1. The van der Waals surface area contributed by atoms with E-state index in [2.05, 4.69) is 5.16 Å². The second-order valence-corrected chi connectivity index (χ2v) is 5.71. The van der Waals surface area contributed by atoms with E-state index in [-0.39, 0.29) is 0 Å². The Morgan fingerprint density at radius 3 is 2.26 bits per heavy atom. The summed E-state index contributed by atoms with van der Waals surface area (Å²) in [6.45, 7) is 1.47. The van der Waals surface area contributed by atoms with Crippen LogP contribution in [0, 0.1) is 0 Å². The van der Waals surface area contributed by atoms with Crippen molar-refractivity contribution in [1.82, 2.24) is 0 Å². The number of aryl methyl sites for hydroxylation is 2. The van der Waals surface area contributed by atoms with Crippen LogP contribution in [0.15, 0.2) is 42.1 Å². The van der Waals surface area contributed by atoms with Crippen LogP contribution in [0.4, 0.5) is 0 Å². The molecular formula is C15H16Cl2N4O2+2. The van der Waals surface area contributed by atoms with Crippen molar-refractivity contribution in [3.05, 3.63) is 58.1 Å². The van der Waals surface area contributed by atoms with E-state index in [1.807, 2.05) is 21.5 Å². The Hall–Kier alpha value is -2.18. The summed E-state index contributed by atoms with van der Waals surface area (Å²) in [4.78, 5) is 11.0. The topological polar surface area (TPSA) is 83.4 Å². The highest BCUT2D eigenvalue weighted by Crippen LogP contribution is 2.20. The van der Waals surface area contributed by atoms with Crippen molar-refractivity contribution in [3.8, 4) is 0 Å². The minimum absolute atomic E-state index is 0.411. The molecule has 0 aliphatic rings. The number of amides is 1. The zero-order valence-electron chi connectivity index (χ0n) is 12.2. The monoisotopic (exact) mass is 354 g/mol. The van der Waals surface area contributed by atoms with Gasteiger partial charge in [0.25, 0.3) is 0 Å². The molecule has 0 radical (unpaired) electrons. The van der Waals surface area contributed by atoms with Crippen LogP contribution < -0.4 is 14.9 Å². The minimum Gasteiger partial charge on any atom is -0.411 e. The number of hydrogen-bond donors (Lipinski definition) is 2. The predicted molar refractivity (Wildman–Crippen MR) is 85.8 cm³/mol. The van der Waals surface area contributed by atoms with Gasteiger partial charge in [-0.3, -0.25) is 4.79 Å². The summed E-state index contributed by atoms with van der Waals surface area (Å²) in [5, 5.41) is 12.3. The summed E-state index contributed by atoms with van der Waals surface area (Å²) < 4.78 is 3.83. The molecule has 0 unspecified atom stereocenters. The molecule has 0 atom stereocenters. The zero-order chi connectivity index (χ0) is 16.8. The number of carbonyl (C=O) groups is 1. The molecule has 120 valence electrons. The van der Waals surface area contributed by atoms with Gasteiger partial charge in [0, 0.05) is 17.7 Å². The molecule has 6 nitrogen and oxygen atoms in total. The van der Waals surface area contributed by atoms with E-state index in [9.17, 15) is 4.79 Å². The number of rotatable bonds is 6. The summed E-state index contributed by atoms with van der Waals surface area (Å²) in [5.41, 5.74) is 6.16. The highest BCUT2D eigenvalue weighted by molar-refractivity contribution is 6.38. The quantitative estimate of drug-likeness (QED) is 0.357. The fourth-order valence-electron chi connectivity index (χ4n) is 2.10. The van der Waals surface area contributed by atoms with Crippen LogP contribution >= 0.6 is 23.2 Å². The minimum atomic E-state index is -0.441. The van der Waals surface area contributed by atoms with E-state index < -0.39 is 5.91 Å². The van der Waals surface area contributed by atoms with Crippen LogP contribution in [0.1, 0.15) is 22.3 Å². The number of primary amides is 1. The van der Waals surface area contributed by atoms with Gasteiger partial charge in [-0.2, -0.15) is 0 Å². The number of halogens is 2. The molecule has 0 saturated carbocycles. The van der Waals surface area contributed by atoms with E-state index in [1.54, 1.807) is 24.5 Å². The summed E-state index contributed by atoms with van der Waals surface area (Å²) in [5.74, 6) is -0.441. The number of nitrogens with two attached hydrogens (primary N) is 1. The van der Waals surface area contributed by atoms with Crippen LogP contribution in [-0.4, -0.2) is 17.3 Å². The van der Waals surface area contributed by atoms with E-state index >= 15 is 0 Å². The molecule has 1 amide bonds. The highest BCUT2D eigenvalue weighted by atomic mass is 35.5. The standard InChI is InChI=1S/C15H14Cl2N4O2/c16-13-9-21(10-14(17)12(13)8-19-23)5-1-4-20-6-2-11(3-7-20)15(18)22/h2-3,6-10H,1,4-5H2,(H-,18,22)/p+2.